The van der Waals surface area contributed by atoms with Crippen molar-refractivity contribution >= 4 is 0 Å². The number of aryl methyl sites for hydroxylation is 1. The molecule has 1 aromatic carbocycles. The van der Waals surface area contributed by atoms with Crippen LogP contribution in [0.3, 0.4) is 0 Å². The molecule has 2 N–H and O–H groups in total. The summed E-state index contributed by atoms with van der Waals surface area (Å²) >= 11 is 0. The summed E-state index contributed by atoms with van der Waals surface area (Å²) in [5.74, 6) is 2.78. The van der Waals surface area contributed by atoms with Crippen LogP contribution >= 0.6 is 0 Å². The molecule has 0 bridgehead atoms. The maximum absolute atomic E-state index is 5.69. The van der Waals surface area contributed by atoms with Gasteiger partial charge in [0.05, 0.1) is 0 Å². The quantitative estimate of drug-likeness (QED) is 0.789. The number of ether oxygens (including phenoxy) is 2. The molecule has 1 aliphatic rings. The second-order valence-corrected chi connectivity index (χ2v) is 4.76. The van der Waals surface area contributed by atoms with Crippen molar-refractivity contribution < 1.29 is 9.47 Å². The maximum atomic E-state index is 5.69. The molecule has 3 rings (SSSR count). The highest BCUT2D eigenvalue weighted by Crippen LogP contribution is 2.33. The number of rotatable bonds is 6. The third kappa shape index (κ3) is 3.11. The van der Waals surface area contributed by atoms with Crippen LogP contribution in [0.2, 0.25) is 0 Å². The molecular weight excluding hydrogens is 254 g/mol. The lowest BCUT2D eigenvalue weighted by molar-refractivity contribution is 0.169. The van der Waals surface area contributed by atoms with Gasteiger partial charge >= 0.3 is 0 Å². The summed E-state index contributed by atoms with van der Waals surface area (Å²) in [4.78, 5) is 7.32. The summed E-state index contributed by atoms with van der Waals surface area (Å²) in [6.07, 6.45) is 5.67. The fraction of sp³-hybridized carbons (Fsp3) is 0.400. The SMILES string of the molecule is c1cc(CNCCCc2ncc[nH]2)c2c(c1)OCCO2. The molecule has 0 fully saturated rings. The molecule has 2 aromatic rings. The second kappa shape index (κ2) is 6.43. The third-order valence-electron chi connectivity index (χ3n) is 3.29. The van der Waals surface area contributed by atoms with Crippen molar-refractivity contribution in [3.8, 4) is 11.5 Å². The summed E-state index contributed by atoms with van der Waals surface area (Å²) in [5, 5.41) is 3.44. The molecule has 0 aliphatic carbocycles. The highest BCUT2D eigenvalue weighted by Gasteiger charge is 2.14. The van der Waals surface area contributed by atoms with Crippen molar-refractivity contribution in [3.05, 3.63) is 42.0 Å². The topological polar surface area (TPSA) is 59.2 Å². The molecular formula is C15H19N3O2. The van der Waals surface area contributed by atoms with E-state index >= 15 is 0 Å². The number of nitrogens with zero attached hydrogens (tertiary/aromatic N) is 1. The highest BCUT2D eigenvalue weighted by molar-refractivity contribution is 5.47. The van der Waals surface area contributed by atoms with Crippen LogP contribution in [0.1, 0.15) is 17.8 Å². The number of fused-ring (bicyclic) bond motifs is 1. The van der Waals surface area contributed by atoms with Gasteiger partial charge in [-0.05, 0) is 19.0 Å². The number of para-hydroxylation sites is 1. The molecule has 0 unspecified atom stereocenters. The normalized spacial score (nSPS) is 13.4. The maximum Gasteiger partial charge on any atom is 0.165 e. The van der Waals surface area contributed by atoms with Crippen molar-refractivity contribution in [2.24, 2.45) is 0 Å². The molecule has 0 spiro atoms. The van der Waals surface area contributed by atoms with E-state index in [2.05, 4.69) is 21.4 Å². The molecule has 0 saturated heterocycles. The minimum absolute atomic E-state index is 0.627. The first-order valence-corrected chi connectivity index (χ1v) is 7.00. The Bertz CT molecular complexity index is 540. The van der Waals surface area contributed by atoms with Crippen LogP contribution in [0.5, 0.6) is 11.5 Å². The first kappa shape index (κ1) is 13.0. The van der Waals surface area contributed by atoms with E-state index in [1.54, 1.807) is 6.20 Å². The van der Waals surface area contributed by atoms with Gasteiger partial charge in [0.15, 0.2) is 11.5 Å². The lowest BCUT2D eigenvalue weighted by Gasteiger charge is -2.21. The number of nitrogens with one attached hydrogen (secondary N) is 2. The molecule has 1 aromatic heterocycles. The number of imidazole rings is 1. The van der Waals surface area contributed by atoms with E-state index in [9.17, 15) is 0 Å². The number of aromatic nitrogens is 2. The van der Waals surface area contributed by atoms with Gasteiger partial charge in [-0.15, -0.1) is 0 Å². The Kier molecular flexibility index (Phi) is 4.18. The first-order valence-electron chi connectivity index (χ1n) is 7.00. The van der Waals surface area contributed by atoms with Gasteiger partial charge in [0.2, 0.25) is 0 Å². The van der Waals surface area contributed by atoms with E-state index in [4.69, 9.17) is 9.47 Å². The summed E-state index contributed by atoms with van der Waals surface area (Å²) in [6, 6.07) is 6.04. The largest absolute Gasteiger partial charge is 0.486 e. The fourth-order valence-corrected chi connectivity index (χ4v) is 2.31. The average molecular weight is 273 g/mol. The van der Waals surface area contributed by atoms with Gasteiger partial charge in [0.25, 0.3) is 0 Å². The molecule has 0 atom stereocenters. The average Bonchev–Trinajstić information content (AvgIpc) is 3.00. The Balaban J connectivity index is 1.46. The van der Waals surface area contributed by atoms with Gasteiger partial charge in [-0.2, -0.15) is 0 Å². The molecule has 2 heterocycles. The Morgan fingerprint density at radius 1 is 1.25 bits per heavy atom. The molecule has 0 amide bonds. The number of H-pyrrole nitrogens is 1. The molecule has 0 saturated carbocycles. The molecule has 1 aliphatic heterocycles. The van der Waals surface area contributed by atoms with Gasteiger partial charge in [-0.25, -0.2) is 4.98 Å². The predicted octanol–water partition coefficient (Wildman–Crippen LogP) is 1.90. The lowest BCUT2D eigenvalue weighted by atomic mass is 10.1. The van der Waals surface area contributed by atoms with E-state index in [-0.39, 0.29) is 0 Å². The number of aromatic amines is 1. The van der Waals surface area contributed by atoms with E-state index < -0.39 is 0 Å². The Morgan fingerprint density at radius 2 is 2.20 bits per heavy atom. The standard InChI is InChI=1S/C15H19N3O2/c1-3-12(15-13(4-1)19-9-10-20-15)11-16-6-2-5-14-17-7-8-18-14/h1,3-4,7-8,16H,2,5-6,9-11H2,(H,17,18). The molecule has 20 heavy (non-hydrogen) atoms. The van der Waals surface area contributed by atoms with Crippen molar-refractivity contribution in [1.29, 1.82) is 0 Å². The summed E-state index contributed by atoms with van der Waals surface area (Å²) < 4.78 is 11.3. The molecule has 0 radical (unpaired) electrons. The molecule has 5 heteroatoms. The van der Waals surface area contributed by atoms with Crippen LogP contribution in [0.25, 0.3) is 0 Å². The predicted molar refractivity (Wildman–Crippen MR) is 76.0 cm³/mol. The van der Waals surface area contributed by atoms with E-state index in [0.29, 0.717) is 13.2 Å². The molecule has 106 valence electrons. The Labute approximate surface area is 118 Å². The fourth-order valence-electron chi connectivity index (χ4n) is 2.31. The molecule has 5 nitrogen and oxygen atoms in total. The summed E-state index contributed by atoms with van der Waals surface area (Å²) in [7, 11) is 0. The van der Waals surface area contributed by atoms with Gasteiger partial charge in [0.1, 0.15) is 19.0 Å². The Hall–Kier alpha value is -2.01. The Morgan fingerprint density at radius 3 is 3.10 bits per heavy atom. The number of benzene rings is 1. The van der Waals surface area contributed by atoms with Gasteiger partial charge in [-0.1, -0.05) is 12.1 Å². The minimum Gasteiger partial charge on any atom is -0.486 e. The van der Waals surface area contributed by atoms with Crippen molar-refractivity contribution in [1.82, 2.24) is 15.3 Å². The second-order valence-electron chi connectivity index (χ2n) is 4.76. The van der Waals surface area contributed by atoms with Crippen LogP contribution in [0.4, 0.5) is 0 Å². The van der Waals surface area contributed by atoms with Crippen LogP contribution < -0.4 is 14.8 Å². The van der Waals surface area contributed by atoms with Crippen LogP contribution in [0.15, 0.2) is 30.6 Å². The van der Waals surface area contributed by atoms with Crippen LogP contribution in [-0.2, 0) is 13.0 Å². The van der Waals surface area contributed by atoms with E-state index in [1.165, 1.54) is 0 Å². The van der Waals surface area contributed by atoms with Gasteiger partial charge < -0.3 is 19.8 Å². The van der Waals surface area contributed by atoms with Crippen LogP contribution in [0, 0.1) is 0 Å². The van der Waals surface area contributed by atoms with Crippen LogP contribution in [-0.4, -0.2) is 29.7 Å². The van der Waals surface area contributed by atoms with E-state index in [1.807, 2.05) is 18.3 Å². The van der Waals surface area contributed by atoms with E-state index in [0.717, 1.165) is 48.8 Å². The minimum atomic E-state index is 0.627. The first-order chi connectivity index (χ1) is 9.93. The lowest BCUT2D eigenvalue weighted by Crippen LogP contribution is -2.20. The van der Waals surface area contributed by atoms with Crippen molar-refractivity contribution in [2.75, 3.05) is 19.8 Å². The number of hydrogen-bond acceptors (Lipinski definition) is 4. The van der Waals surface area contributed by atoms with Crippen molar-refractivity contribution in [3.63, 3.8) is 0 Å². The summed E-state index contributed by atoms with van der Waals surface area (Å²) in [5.41, 5.74) is 1.15. The zero-order chi connectivity index (χ0) is 13.6. The third-order valence-corrected chi connectivity index (χ3v) is 3.29. The number of hydrogen-bond donors (Lipinski definition) is 2. The van der Waals surface area contributed by atoms with Crippen molar-refractivity contribution in [2.45, 2.75) is 19.4 Å². The van der Waals surface area contributed by atoms with Gasteiger partial charge in [0, 0.05) is 30.9 Å². The smallest absolute Gasteiger partial charge is 0.165 e. The summed E-state index contributed by atoms with van der Waals surface area (Å²) in [6.45, 7) is 3.01. The zero-order valence-corrected chi connectivity index (χ0v) is 11.4. The highest BCUT2D eigenvalue weighted by atomic mass is 16.6. The zero-order valence-electron chi connectivity index (χ0n) is 11.4. The monoisotopic (exact) mass is 273 g/mol. The van der Waals surface area contributed by atoms with Gasteiger partial charge in [-0.3, -0.25) is 0 Å².